The van der Waals surface area contributed by atoms with Gasteiger partial charge in [-0.1, -0.05) is 13.3 Å². The number of hydrogen-bond acceptors (Lipinski definition) is 2. The third-order valence-electron chi connectivity index (χ3n) is 4.38. The summed E-state index contributed by atoms with van der Waals surface area (Å²) in [5, 5.41) is 3.37. The number of likely N-dealkylation sites (tertiary alicyclic amines) is 1. The van der Waals surface area contributed by atoms with E-state index in [2.05, 4.69) is 17.1 Å². The Bertz CT molecular complexity index is 249. The topological polar surface area (TPSA) is 32.3 Å². The lowest BCUT2D eigenvalue weighted by Gasteiger charge is -2.32. The van der Waals surface area contributed by atoms with Crippen LogP contribution in [0.15, 0.2) is 0 Å². The van der Waals surface area contributed by atoms with Gasteiger partial charge in [-0.15, -0.1) is 0 Å². The molecule has 2 atom stereocenters. The van der Waals surface area contributed by atoms with E-state index in [1.54, 1.807) is 0 Å². The van der Waals surface area contributed by atoms with E-state index < -0.39 is 0 Å². The summed E-state index contributed by atoms with van der Waals surface area (Å²) < 4.78 is 0. The summed E-state index contributed by atoms with van der Waals surface area (Å²) in [5.41, 5.74) is 0. The summed E-state index contributed by atoms with van der Waals surface area (Å²) in [5.74, 6) is 1.89. The van der Waals surface area contributed by atoms with E-state index in [0.717, 1.165) is 50.9 Å². The van der Waals surface area contributed by atoms with Crippen LogP contribution in [0, 0.1) is 11.8 Å². The fraction of sp³-hybridized carbons (Fsp3) is 0.929. The van der Waals surface area contributed by atoms with Crippen molar-refractivity contribution in [3.05, 3.63) is 0 Å². The molecule has 2 heterocycles. The molecule has 2 fully saturated rings. The van der Waals surface area contributed by atoms with Crippen molar-refractivity contribution in [1.29, 1.82) is 0 Å². The highest BCUT2D eigenvalue weighted by molar-refractivity contribution is 5.76. The second-order valence-corrected chi connectivity index (χ2v) is 5.65. The van der Waals surface area contributed by atoms with Crippen LogP contribution in [0.2, 0.25) is 0 Å². The highest BCUT2D eigenvalue weighted by Crippen LogP contribution is 2.21. The monoisotopic (exact) mass is 238 g/mol. The predicted octanol–water partition coefficient (Wildman–Crippen LogP) is 2.02. The maximum Gasteiger partial charge on any atom is 0.222 e. The van der Waals surface area contributed by atoms with Crippen molar-refractivity contribution >= 4 is 5.91 Å². The molecule has 2 rings (SSSR count). The number of piperidine rings is 1. The lowest BCUT2D eigenvalue weighted by molar-refractivity contribution is -0.133. The highest BCUT2D eigenvalue weighted by atomic mass is 16.2. The van der Waals surface area contributed by atoms with E-state index >= 15 is 0 Å². The maximum atomic E-state index is 12.1. The summed E-state index contributed by atoms with van der Waals surface area (Å²) in [6.07, 6.45) is 6.84. The van der Waals surface area contributed by atoms with E-state index in [-0.39, 0.29) is 0 Å². The fourth-order valence-corrected chi connectivity index (χ4v) is 3.07. The summed E-state index contributed by atoms with van der Waals surface area (Å²) >= 11 is 0. The van der Waals surface area contributed by atoms with Crippen molar-refractivity contribution < 1.29 is 4.79 Å². The molecule has 2 saturated heterocycles. The Balaban J connectivity index is 1.71. The molecule has 3 heteroatoms. The molecule has 2 unspecified atom stereocenters. The quantitative estimate of drug-likeness (QED) is 0.812. The number of amides is 1. The lowest BCUT2D eigenvalue weighted by atomic mass is 9.95. The minimum absolute atomic E-state index is 0.398. The minimum atomic E-state index is 0.398. The van der Waals surface area contributed by atoms with Crippen LogP contribution in [0.3, 0.4) is 0 Å². The van der Waals surface area contributed by atoms with Crippen LogP contribution in [-0.4, -0.2) is 37.0 Å². The van der Waals surface area contributed by atoms with Gasteiger partial charge in [0.25, 0.3) is 0 Å². The largest absolute Gasteiger partial charge is 0.342 e. The van der Waals surface area contributed by atoms with E-state index in [1.807, 2.05) is 0 Å². The first-order chi connectivity index (χ1) is 8.29. The lowest BCUT2D eigenvalue weighted by Crippen LogP contribution is -2.39. The number of nitrogens with one attached hydrogen (secondary N) is 1. The van der Waals surface area contributed by atoms with Crippen molar-refractivity contribution in [2.45, 2.75) is 45.4 Å². The van der Waals surface area contributed by atoms with Gasteiger partial charge in [0.15, 0.2) is 0 Å². The van der Waals surface area contributed by atoms with Gasteiger partial charge in [0.05, 0.1) is 0 Å². The first kappa shape index (κ1) is 12.9. The zero-order chi connectivity index (χ0) is 12.1. The average Bonchev–Trinajstić information content (AvgIpc) is 2.89. The Hall–Kier alpha value is -0.570. The standard InChI is InChI=1S/C14H26N2O/c1-2-12-4-3-9-16(11-12)14(17)6-5-13-7-8-15-10-13/h12-13,15H,2-11H2,1H3. The molecule has 0 aliphatic carbocycles. The summed E-state index contributed by atoms with van der Waals surface area (Å²) in [4.78, 5) is 14.2. The molecule has 0 radical (unpaired) electrons. The average molecular weight is 238 g/mol. The van der Waals surface area contributed by atoms with Crippen LogP contribution in [0.25, 0.3) is 0 Å². The van der Waals surface area contributed by atoms with Crippen molar-refractivity contribution in [3.8, 4) is 0 Å². The molecule has 2 aliphatic heterocycles. The molecule has 0 aromatic heterocycles. The zero-order valence-corrected chi connectivity index (χ0v) is 11.1. The maximum absolute atomic E-state index is 12.1. The molecule has 1 N–H and O–H groups in total. The minimum Gasteiger partial charge on any atom is -0.342 e. The molecule has 17 heavy (non-hydrogen) atoms. The Labute approximate surface area is 105 Å². The van der Waals surface area contributed by atoms with Crippen molar-refractivity contribution in [1.82, 2.24) is 10.2 Å². The molecule has 0 aromatic carbocycles. The second-order valence-electron chi connectivity index (χ2n) is 5.65. The molecule has 0 saturated carbocycles. The van der Waals surface area contributed by atoms with Gasteiger partial charge in [-0.25, -0.2) is 0 Å². The summed E-state index contributed by atoms with van der Waals surface area (Å²) in [6.45, 7) is 6.50. The van der Waals surface area contributed by atoms with Gasteiger partial charge in [-0.05, 0) is 50.6 Å². The van der Waals surface area contributed by atoms with Crippen LogP contribution >= 0.6 is 0 Å². The first-order valence-corrected chi connectivity index (χ1v) is 7.28. The van der Waals surface area contributed by atoms with Gasteiger partial charge in [-0.2, -0.15) is 0 Å². The molecule has 0 spiro atoms. The van der Waals surface area contributed by atoms with Crippen LogP contribution in [0.5, 0.6) is 0 Å². The Kier molecular flexibility index (Phi) is 4.84. The van der Waals surface area contributed by atoms with Crippen LogP contribution < -0.4 is 5.32 Å². The third-order valence-corrected chi connectivity index (χ3v) is 4.38. The molecule has 0 bridgehead atoms. The normalized spacial score (nSPS) is 29.6. The molecule has 0 aromatic rings. The molecule has 3 nitrogen and oxygen atoms in total. The van der Waals surface area contributed by atoms with Crippen LogP contribution in [0.1, 0.15) is 45.4 Å². The number of hydrogen-bond donors (Lipinski definition) is 1. The van der Waals surface area contributed by atoms with Crippen molar-refractivity contribution in [2.75, 3.05) is 26.2 Å². The fourth-order valence-electron chi connectivity index (χ4n) is 3.07. The SMILES string of the molecule is CCC1CCCN(C(=O)CCC2CCNC2)C1. The molecular weight excluding hydrogens is 212 g/mol. The Morgan fingerprint density at radius 1 is 1.35 bits per heavy atom. The number of carbonyl (C=O) groups excluding carboxylic acids is 1. The van der Waals surface area contributed by atoms with Gasteiger partial charge in [-0.3, -0.25) is 4.79 Å². The van der Waals surface area contributed by atoms with Gasteiger partial charge >= 0.3 is 0 Å². The summed E-state index contributed by atoms with van der Waals surface area (Å²) in [7, 11) is 0. The molecule has 2 aliphatic rings. The van der Waals surface area contributed by atoms with Crippen molar-refractivity contribution in [2.24, 2.45) is 11.8 Å². The number of carbonyl (C=O) groups is 1. The predicted molar refractivity (Wildman–Crippen MR) is 69.8 cm³/mol. The van der Waals surface area contributed by atoms with Crippen LogP contribution in [0.4, 0.5) is 0 Å². The zero-order valence-electron chi connectivity index (χ0n) is 11.1. The van der Waals surface area contributed by atoms with Gasteiger partial charge in [0.2, 0.25) is 5.91 Å². The van der Waals surface area contributed by atoms with Gasteiger partial charge in [0.1, 0.15) is 0 Å². The Morgan fingerprint density at radius 2 is 2.24 bits per heavy atom. The van der Waals surface area contributed by atoms with Gasteiger partial charge in [0, 0.05) is 19.5 Å². The highest BCUT2D eigenvalue weighted by Gasteiger charge is 2.23. The second kappa shape index (κ2) is 6.39. The van der Waals surface area contributed by atoms with Gasteiger partial charge < -0.3 is 10.2 Å². The van der Waals surface area contributed by atoms with E-state index in [1.165, 1.54) is 25.7 Å². The molecule has 1 amide bonds. The van der Waals surface area contributed by atoms with E-state index in [4.69, 9.17) is 0 Å². The van der Waals surface area contributed by atoms with Crippen molar-refractivity contribution in [3.63, 3.8) is 0 Å². The first-order valence-electron chi connectivity index (χ1n) is 7.28. The van der Waals surface area contributed by atoms with E-state index in [9.17, 15) is 4.79 Å². The molecular formula is C14H26N2O. The van der Waals surface area contributed by atoms with E-state index in [0.29, 0.717) is 5.91 Å². The smallest absolute Gasteiger partial charge is 0.222 e. The third kappa shape index (κ3) is 3.70. The molecule has 98 valence electrons. The Morgan fingerprint density at radius 3 is 2.94 bits per heavy atom. The summed E-state index contributed by atoms with van der Waals surface area (Å²) in [6, 6.07) is 0. The number of nitrogens with zero attached hydrogens (tertiary/aromatic N) is 1. The van der Waals surface area contributed by atoms with Crippen LogP contribution in [-0.2, 0) is 4.79 Å². The number of rotatable bonds is 4.